The Morgan fingerprint density at radius 2 is 2.16 bits per heavy atom. The average Bonchev–Trinajstić information content (AvgIpc) is 2.82. The Hall–Kier alpha value is -1.30. The number of amides is 2. The number of hydrogen-bond acceptors (Lipinski definition) is 3. The van der Waals surface area contributed by atoms with Crippen LogP contribution in [0.2, 0.25) is 0 Å². The highest BCUT2D eigenvalue weighted by atomic mass is 16.5. The van der Waals surface area contributed by atoms with Gasteiger partial charge in [-0.3, -0.25) is 4.79 Å². The van der Waals surface area contributed by atoms with Gasteiger partial charge in [-0.05, 0) is 33.1 Å². The molecule has 1 aliphatic carbocycles. The van der Waals surface area contributed by atoms with E-state index in [-0.39, 0.29) is 30.8 Å². The summed E-state index contributed by atoms with van der Waals surface area (Å²) >= 11 is 0. The van der Waals surface area contributed by atoms with Gasteiger partial charge in [-0.15, -0.1) is 0 Å². The van der Waals surface area contributed by atoms with Crippen molar-refractivity contribution in [2.24, 2.45) is 0 Å². The molecule has 1 saturated heterocycles. The topological polar surface area (TPSA) is 70.1 Å². The third-order valence-corrected chi connectivity index (χ3v) is 3.90. The number of nitrogens with zero attached hydrogens (tertiary/aromatic N) is 2. The lowest BCUT2D eigenvalue weighted by Gasteiger charge is -2.41. The molecule has 0 spiro atoms. The summed E-state index contributed by atoms with van der Waals surface area (Å²) in [7, 11) is 0. The van der Waals surface area contributed by atoms with E-state index in [1.807, 2.05) is 18.7 Å². The molecule has 2 atom stereocenters. The molecule has 19 heavy (non-hydrogen) atoms. The molecule has 6 nitrogen and oxygen atoms in total. The van der Waals surface area contributed by atoms with Gasteiger partial charge in [0.2, 0.25) is 0 Å². The minimum absolute atomic E-state index is 0.119. The van der Waals surface area contributed by atoms with Crippen molar-refractivity contribution < 1.29 is 19.4 Å². The Bertz CT molecular complexity index is 359. The molecule has 0 bridgehead atoms. The first-order chi connectivity index (χ1) is 9.00. The minimum atomic E-state index is -0.974. The maximum absolute atomic E-state index is 12.6. The SMILES string of the molecule is CC(C)N(CC(=O)O)C(=O)N1CCOC2CCCC21. The lowest BCUT2D eigenvalue weighted by molar-refractivity contribution is -0.138. The zero-order valence-electron chi connectivity index (χ0n) is 11.5. The highest BCUT2D eigenvalue weighted by Crippen LogP contribution is 2.30. The molecule has 1 heterocycles. The number of carbonyl (C=O) groups is 2. The Kier molecular flexibility index (Phi) is 4.29. The summed E-state index contributed by atoms with van der Waals surface area (Å²) in [4.78, 5) is 26.7. The number of morpholine rings is 1. The number of ether oxygens (including phenoxy) is 1. The van der Waals surface area contributed by atoms with E-state index in [2.05, 4.69) is 0 Å². The number of carboxylic acid groups (broad SMARTS) is 1. The molecule has 1 N–H and O–H groups in total. The van der Waals surface area contributed by atoms with E-state index < -0.39 is 5.97 Å². The van der Waals surface area contributed by atoms with Crippen molar-refractivity contribution in [1.29, 1.82) is 0 Å². The number of aliphatic carboxylic acids is 1. The van der Waals surface area contributed by atoms with Crippen LogP contribution in [0, 0.1) is 0 Å². The van der Waals surface area contributed by atoms with Gasteiger partial charge in [-0.1, -0.05) is 0 Å². The Morgan fingerprint density at radius 3 is 2.79 bits per heavy atom. The first-order valence-electron chi connectivity index (χ1n) is 6.91. The molecular formula is C13H22N2O4. The van der Waals surface area contributed by atoms with Gasteiger partial charge in [-0.2, -0.15) is 0 Å². The largest absolute Gasteiger partial charge is 0.480 e. The third kappa shape index (κ3) is 3.00. The van der Waals surface area contributed by atoms with E-state index in [0.29, 0.717) is 13.2 Å². The van der Waals surface area contributed by atoms with Gasteiger partial charge in [0.15, 0.2) is 0 Å². The minimum Gasteiger partial charge on any atom is -0.480 e. The monoisotopic (exact) mass is 270 g/mol. The molecule has 0 radical (unpaired) electrons. The molecule has 2 aliphatic rings. The van der Waals surface area contributed by atoms with Crippen LogP contribution in [0.5, 0.6) is 0 Å². The van der Waals surface area contributed by atoms with Crippen LogP contribution in [-0.4, -0.2) is 64.8 Å². The molecule has 2 amide bonds. The predicted octanol–water partition coefficient (Wildman–Crippen LogP) is 1.15. The second kappa shape index (κ2) is 5.77. The summed E-state index contributed by atoms with van der Waals surface area (Å²) in [5.74, 6) is -0.974. The van der Waals surface area contributed by atoms with E-state index >= 15 is 0 Å². The number of hydrogen-bond donors (Lipinski definition) is 1. The zero-order valence-corrected chi connectivity index (χ0v) is 11.5. The molecule has 1 aliphatic heterocycles. The number of carbonyl (C=O) groups excluding carboxylic acids is 1. The van der Waals surface area contributed by atoms with E-state index in [9.17, 15) is 9.59 Å². The molecule has 0 aromatic heterocycles. The van der Waals surface area contributed by atoms with Crippen LogP contribution in [0.15, 0.2) is 0 Å². The molecule has 2 fully saturated rings. The molecule has 108 valence electrons. The van der Waals surface area contributed by atoms with Gasteiger partial charge < -0.3 is 19.6 Å². The third-order valence-electron chi connectivity index (χ3n) is 3.90. The molecule has 0 aromatic carbocycles. The summed E-state index contributed by atoms with van der Waals surface area (Å²) in [6.45, 7) is 4.54. The van der Waals surface area contributed by atoms with E-state index in [1.165, 1.54) is 4.90 Å². The van der Waals surface area contributed by atoms with Gasteiger partial charge in [0.1, 0.15) is 6.54 Å². The maximum atomic E-state index is 12.6. The van der Waals surface area contributed by atoms with Crippen molar-refractivity contribution in [2.75, 3.05) is 19.7 Å². The first-order valence-corrected chi connectivity index (χ1v) is 6.91. The molecular weight excluding hydrogens is 248 g/mol. The number of carboxylic acids is 1. The van der Waals surface area contributed by atoms with Crippen LogP contribution in [0.25, 0.3) is 0 Å². The van der Waals surface area contributed by atoms with Crippen LogP contribution in [-0.2, 0) is 9.53 Å². The number of urea groups is 1. The maximum Gasteiger partial charge on any atom is 0.323 e. The fourth-order valence-electron chi connectivity index (χ4n) is 2.94. The van der Waals surface area contributed by atoms with Crippen molar-refractivity contribution in [3.05, 3.63) is 0 Å². The van der Waals surface area contributed by atoms with Crippen LogP contribution < -0.4 is 0 Å². The second-order valence-electron chi connectivity index (χ2n) is 5.50. The fourth-order valence-corrected chi connectivity index (χ4v) is 2.94. The fraction of sp³-hybridized carbons (Fsp3) is 0.846. The van der Waals surface area contributed by atoms with Crippen LogP contribution in [0.4, 0.5) is 4.79 Å². The van der Waals surface area contributed by atoms with Crippen molar-refractivity contribution in [3.8, 4) is 0 Å². The van der Waals surface area contributed by atoms with Gasteiger partial charge in [0.25, 0.3) is 0 Å². The summed E-state index contributed by atoms with van der Waals surface area (Å²) in [6.07, 6.45) is 3.15. The van der Waals surface area contributed by atoms with Gasteiger partial charge in [0, 0.05) is 12.6 Å². The van der Waals surface area contributed by atoms with Crippen LogP contribution in [0.1, 0.15) is 33.1 Å². The van der Waals surface area contributed by atoms with E-state index in [0.717, 1.165) is 19.3 Å². The molecule has 6 heteroatoms. The Balaban J connectivity index is 2.09. The van der Waals surface area contributed by atoms with E-state index in [4.69, 9.17) is 9.84 Å². The molecule has 0 aromatic rings. The molecule has 2 rings (SSSR count). The normalized spacial score (nSPS) is 26.4. The van der Waals surface area contributed by atoms with Crippen LogP contribution in [0.3, 0.4) is 0 Å². The lowest BCUT2D eigenvalue weighted by Crippen LogP contribution is -2.57. The standard InChI is InChI=1S/C13H22N2O4/c1-9(2)15(8-12(16)17)13(18)14-6-7-19-11-5-3-4-10(11)14/h9-11H,3-8H2,1-2H3,(H,16,17). The average molecular weight is 270 g/mol. The molecule has 2 unspecified atom stereocenters. The van der Waals surface area contributed by atoms with Gasteiger partial charge >= 0.3 is 12.0 Å². The Labute approximate surface area is 113 Å². The second-order valence-corrected chi connectivity index (χ2v) is 5.50. The van der Waals surface area contributed by atoms with Crippen molar-refractivity contribution in [3.63, 3.8) is 0 Å². The lowest BCUT2D eigenvalue weighted by atomic mass is 10.1. The van der Waals surface area contributed by atoms with Gasteiger partial charge in [-0.25, -0.2) is 4.79 Å². The van der Waals surface area contributed by atoms with Crippen LogP contribution >= 0.6 is 0 Å². The Morgan fingerprint density at radius 1 is 1.42 bits per heavy atom. The molecule has 1 saturated carbocycles. The summed E-state index contributed by atoms with van der Waals surface area (Å²) in [5.41, 5.74) is 0. The zero-order chi connectivity index (χ0) is 14.0. The highest BCUT2D eigenvalue weighted by Gasteiger charge is 2.40. The summed E-state index contributed by atoms with van der Waals surface area (Å²) in [5, 5.41) is 8.93. The first kappa shape index (κ1) is 14.1. The quantitative estimate of drug-likeness (QED) is 0.835. The number of fused-ring (bicyclic) bond motifs is 1. The smallest absolute Gasteiger partial charge is 0.323 e. The van der Waals surface area contributed by atoms with Crippen molar-refractivity contribution >= 4 is 12.0 Å². The van der Waals surface area contributed by atoms with Crippen molar-refractivity contribution in [1.82, 2.24) is 9.80 Å². The highest BCUT2D eigenvalue weighted by molar-refractivity contribution is 5.80. The summed E-state index contributed by atoms with van der Waals surface area (Å²) in [6, 6.07) is -0.166. The predicted molar refractivity (Wildman–Crippen MR) is 69.0 cm³/mol. The number of rotatable bonds is 3. The van der Waals surface area contributed by atoms with Crippen molar-refractivity contribution in [2.45, 2.75) is 51.3 Å². The van der Waals surface area contributed by atoms with Gasteiger partial charge in [0.05, 0.1) is 18.8 Å². The summed E-state index contributed by atoms with van der Waals surface area (Å²) < 4.78 is 5.67. The van der Waals surface area contributed by atoms with E-state index in [1.54, 1.807) is 0 Å².